The highest BCUT2D eigenvalue weighted by Gasteiger charge is 2.26. The minimum absolute atomic E-state index is 0.188. The van der Waals surface area contributed by atoms with E-state index in [-0.39, 0.29) is 5.41 Å². The van der Waals surface area contributed by atoms with Crippen LogP contribution < -0.4 is 0 Å². The molecule has 1 aliphatic rings. The summed E-state index contributed by atoms with van der Waals surface area (Å²) < 4.78 is 0. The highest BCUT2D eigenvalue weighted by atomic mass is 16.3. The van der Waals surface area contributed by atoms with Crippen LogP contribution in [0.1, 0.15) is 52.9 Å². The van der Waals surface area contributed by atoms with E-state index in [0.29, 0.717) is 0 Å². The second-order valence-corrected chi connectivity index (χ2v) is 5.36. The van der Waals surface area contributed by atoms with Gasteiger partial charge in [0.25, 0.3) is 0 Å². The molecule has 1 nitrogen and oxygen atoms in total. The van der Waals surface area contributed by atoms with Gasteiger partial charge in [0.05, 0.1) is 5.60 Å². The molecule has 0 aromatic carbocycles. The molecule has 1 rings (SSSR count). The Morgan fingerprint density at radius 2 is 1.62 bits per heavy atom. The van der Waals surface area contributed by atoms with E-state index in [1.807, 2.05) is 6.08 Å². The highest BCUT2D eigenvalue weighted by molar-refractivity contribution is 5.05. The molecule has 0 aromatic rings. The zero-order chi connectivity index (χ0) is 9.95. The van der Waals surface area contributed by atoms with Crippen molar-refractivity contribution in [3.63, 3.8) is 0 Å². The summed E-state index contributed by atoms with van der Waals surface area (Å²) in [6.45, 7) is 6.49. The molecular weight excluding hydrogens is 160 g/mol. The van der Waals surface area contributed by atoms with Gasteiger partial charge in [0.1, 0.15) is 0 Å². The van der Waals surface area contributed by atoms with Gasteiger partial charge in [0, 0.05) is 0 Å². The van der Waals surface area contributed by atoms with Crippen molar-refractivity contribution in [3.05, 3.63) is 12.2 Å². The van der Waals surface area contributed by atoms with Gasteiger partial charge in [-0.15, -0.1) is 0 Å². The third-order valence-electron chi connectivity index (χ3n) is 2.61. The Labute approximate surface area is 81.9 Å². The molecule has 1 N–H and O–H groups in total. The fraction of sp³-hybridized carbons (Fsp3) is 0.833. The molecule has 0 bridgehead atoms. The summed E-state index contributed by atoms with van der Waals surface area (Å²) >= 11 is 0. The fourth-order valence-electron chi connectivity index (χ4n) is 1.74. The van der Waals surface area contributed by atoms with Crippen molar-refractivity contribution in [1.82, 2.24) is 0 Å². The highest BCUT2D eigenvalue weighted by Crippen LogP contribution is 2.30. The number of hydrogen-bond donors (Lipinski definition) is 1. The van der Waals surface area contributed by atoms with Crippen LogP contribution in [-0.4, -0.2) is 10.7 Å². The molecule has 0 saturated heterocycles. The van der Waals surface area contributed by atoms with Gasteiger partial charge in [-0.3, -0.25) is 0 Å². The molecule has 1 heteroatoms. The molecule has 0 atom stereocenters. The summed E-state index contributed by atoms with van der Waals surface area (Å²) in [5, 5.41) is 10.1. The SMILES string of the molecule is CC(C)(C)/C=C/C1(O)CCCCC1. The number of allylic oxidation sites excluding steroid dienone is 1. The van der Waals surface area contributed by atoms with E-state index in [1.165, 1.54) is 19.3 Å². The molecule has 1 saturated carbocycles. The normalized spacial score (nSPS) is 23.7. The van der Waals surface area contributed by atoms with Crippen molar-refractivity contribution in [3.8, 4) is 0 Å². The van der Waals surface area contributed by atoms with Gasteiger partial charge in [-0.1, -0.05) is 52.2 Å². The lowest BCUT2D eigenvalue weighted by molar-refractivity contribution is 0.0505. The molecule has 0 spiro atoms. The Morgan fingerprint density at radius 1 is 1.08 bits per heavy atom. The third kappa shape index (κ3) is 3.95. The maximum atomic E-state index is 10.1. The van der Waals surface area contributed by atoms with Gasteiger partial charge >= 0.3 is 0 Å². The van der Waals surface area contributed by atoms with Gasteiger partial charge < -0.3 is 5.11 Å². The van der Waals surface area contributed by atoms with Crippen molar-refractivity contribution in [2.75, 3.05) is 0 Å². The summed E-state index contributed by atoms with van der Waals surface area (Å²) in [6.07, 6.45) is 9.67. The molecule has 76 valence electrons. The zero-order valence-electron chi connectivity index (χ0n) is 9.14. The Morgan fingerprint density at radius 3 is 2.08 bits per heavy atom. The molecule has 0 amide bonds. The third-order valence-corrected chi connectivity index (χ3v) is 2.61. The van der Waals surface area contributed by atoms with Crippen LogP contribution in [-0.2, 0) is 0 Å². The largest absolute Gasteiger partial charge is 0.386 e. The van der Waals surface area contributed by atoms with Crippen LogP contribution >= 0.6 is 0 Å². The van der Waals surface area contributed by atoms with E-state index in [4.69, 9.17) is 0 Å². The summed E-state index contributed by atoms with van der Waals surface area (Å²) in [4.78, 5) is 0. The molecule has 0 aliphatic heterocycles. The van der Waals surface area contributed by atoms with E-state index in [0.717, 1.165) is 12.8 Å². The van der Waals surface area contributed by atoms with Gasteiger partial charge in [-0.25, -0.2) is 0 Å². The van der Waals surface area contributed by atoms with Crippen molar-refractivity contribution in [2.45, 2.75) is 58.5 Å². The van der Waals surface area contributed by atoms with Crippen LogP contribution in [0.3, 0.4) is 0 Å². The van der Waals surface area contributed by atoms with E-state index >= 15 is 0 Å². The lowest BCUT2D eigenvalue weighted by Crippen LogP contribution is -2.29. The smallest absolute Gasteiger partial charge is 0.0827 e. The first-order valence-corrected chi connectivity index (χ1v) is 5.34. The first-order valence-electron chi connectivity index (χ1n) is 5.34. The number of hydrogen-bond acceptors (Lipinski definition) is 1. The van der Waals surface area contributed by atoms with E-state index in [1.54, 1.807) is 0 Å². The lowest BCUT2D eigenvalue weighted by Gasteiger charge is -2.29. The van der Waals surface area contributed by atoms with Crippen molar-refractivity contribution in [1.29, 1.82) is 0 Å². The standard InChI is InChI=1S/C12H22O/c1-11(2,3)9-10-12(13)7-5-4-6-8-12/h9-10,13H,4-8H2,1-3H3/b10-9+. The predicted octanol–water partition coefficient (Wildman–Crippen LogP) is 3.28. The van der Waals surface area contributed by atoms with Crippen molar-refractivity contribution >= 4 is 0 Å². The van der Waals surface area contributed by atoms with Crippen molar-refractivity contribution < 1.29 is 5.11 Å². The molecule has 0 unspecified atom stereocenters. The van der Waals surface area contributed by atoms with Crippen LogP contribution in [0.2, 0.25) is 0 Å². The molecular formula is C12H22O. The molecule has 0 heterocycles. The molecule has 1 fully saturated rings. The van der Waals surface area contributed by atoms with Crippen LogP contribution in [0.25, 0.3) is 0 Å². The van der Waals surface area contributed by atoms with Crippen LogP contribution in [0.15, 0.2) is 12.2 Å². The fourth-order valence-corrected chi connectivity index (χ4v) is 1.74. The minimum Gasteiger partial charge on any atom is -0.386 e. The van der Waals surface area contributed by atoms with E-state index < -0.39 is 5.60 Å². The monoisotopic (exact) mass is 182 g/mol. The Hall–Kier alpha value is -0.300. The van der Waals surface area contributed by atoms with Crippen LogP contribution in [0, 0.1) is 5.41 Å². The van der Waals surface area contributed by atoms with Gasteiger partial charge in [-0.2, -0.15) is 0 Å². The van der Waals surface area contributed by atoms with Crippen LogP contribution in [0.4, 0.5) is 0 Å². The topological polar surface area (TPSA) is 20.2 Å². The van der Waals surface area contributed by atoms with Crippen LogP contribution in [0.5, 0.6) is 0 Å². The molecule has 1 aliphatic carbocycles. The van der Waals surface area contributed by atoms with Crippen molar-refractivity contribution in [2.24, 2.45) is 5.41 Å². The first kappa shape index (κ1) is 10.8. The maximum absolute atomic E-state index is 10.1. The zero-order valence-corrected chi connectivity index (χ0v) is 9.14. The van der Waals surface area contributed by atoms with Gasteiger partial charge in [0.15, 0.2) is 0 Å². The Bertz CT molecular complexity index is 180. The minimum atomic E-state index is -0.495. The summed E-state index contributed by atoms with van der Waals surface area (Å²) in [7, 11) is 0. The maximum Gasteiger partial charge on any atom is 0.0827 e. The molecule has 0 radical (unpaired) electrons. The molecule has 13 heavy (non-hydrogen) atoms. The average Bonchev–Trinajstić information content (AvgIpc) is 2.02. The number of aliphatic hydroxyl groups is 1. The first-order chi connectivity index (χ1) is 5.91. The Kier molecular flexibility index (Phi) is 3.18. The predicted molar refractivity (Wildman–Crippen MR) is 56.6 cm³/mol. The molecule has 0 aromatic heterocycles. The summed E-state index contributed by atoms with van der Waals surface area (Å²) in [5.74, 6) is 0. The second-order valence-electron chi connectivity index (χ2n) is 5.36. The Balaban J connectivity index is 2.55. The summed E-state index contributed by atoms with van der Waals surface area (Å²) in [5.41, 5.74) is -0.307. The van der Waals surface area contributed by atoms with E-state index in [9.17, 15) is 5.11 Å². The summed E-state index contributed by atoms with van der Waals surface area (Å²) in [6, 6.07) is 0. The van der Waals surface area contributed by atoms with Gasteiger partial charge in [0.2, 0.25) is 0 Å². The van der Waals surface area contributed by atoms with E-state index in [2.05, 4.69) is 26.8 Å². The quantitative estimate of drug-likeness (QED) is 0.617. The lowest BCUT2D eigenvalue weighted by atomic mass is 9.82. The second kappa shape index (κ2) is 3.83. The van der Waals surface area contributed by atoms with Gasteiger partial charge in [-0.05, 0) is 18.3 Å². The number of rotatable bonds is 1. The average molecular weight is 182 g/mol.